The molecule has 1 aromatic rings. The van der Waals surface area contributed by atoms with Crippen molar-refractivity contribution in [2.75, 3.05) is 7.11 Å². The van der Waals surface area contributed by atoms with E-state index in [1.54, 1.807) is 58.9 Å². The molecule has 0 unspecified atom stereocenters. The van der Waals surface area contributed by atoms with E-state index >= 15 is 0 Å². The zero-order valence-electron chi connectivity index (χ0n) is 16.0. The minimum Gasteiger partial charge on any atom is -0.467 e. The highest BCUT2D eigenvalue weighted by Gasteiger charge is 2.55. The lowest BCUT2D eigenvalue weighted by atomic mass is 9.99. The molecular weight excluding hydrogens is 334 g/mol. The van der Waals surface area contributed by atoms with E-state index in [0.29, 0.717) is 11.1 Å². The fourth-order valence-corrected chi connectivity index (χ4v) is 2.94. The van der Waals surface area contributed by atoms with E-state index in [1.807, 2.05) is 0 Å². The zero-order valence-corrected chi connectivity index (χ0v) is 16.0. The molecular formula is C20H25NO5. The summed E-state index contributed by atoms with van der Waals surface area (Å²) in [6.45, 7) is 8.77. The minimum absolute atomic E-state index is 0.560. The molecule has 6 heteroatoms. The average molecular weight is 359 g/mol. The Morgan fingerprint density at radius 3 is 2.27 bits per heavy atom. The van der Waals surface area contributed by atoms with E-state index in [9.17, 15) is 9.59 Å². The molecule has 0 saturated carbocycles. The Balaban J connectivity index is 2.50. The minimum atomic E-state index is -1.06. The molecule has 2 atom stereocenters. The van der Waals surface area contributed by atoms with Crippen molar-refractivity contribution in [2.45, 2.75) is 58.1 Å². The number of methoxy groups -OCH3 is 1. The number of amides is 1. The van der Waals surface area contributed by atoms with Crippen molar-refractivity contribution < 1.29 is 23.8 Å². The number of carbonyl (C=O) groups is 2. The Labute approximate surface area is 154 Å². The van der Waals surface area contributed by atoms with Gasteiger partial charge in [0.25, 0.3) is 0 Å². The number of benzene rings is 1. The molecule has 1 saturated heterocycles. The van der Waals surface area contributed by atoms with Crippen molar-refractivity contribution in [3.63, 3.8) is 0 Å². The molecule has 140 valence electrons. The molecule has 0 N–H and O–H groups in total. The van der Waals surface area contributed by atoms with Gasteiger partial charge in [0.05, 0.1) is 7.11 Å². The normalized spacial score (nSPS) is 21.8. The van der Waals surface area contributed by atoms with Crippen LogP contribution in [0.25, 0.3) is 0 Å². The van der Waals surface area contributed by atoms with Crippen LogP contribution in [0.5, 0.6) is 0 Å². The van der Waals surface area contributed by atoms with Gasteiger partial charge < -0.3 is 14.2 Å². The number of carbonyl (C=O) groups excluding carboxylic acids is 2. The van der Waals surface area contributed by atoms with Gasteiger partial charge in [0.1, 0.15) is 17.4 Å². The lowest BCUT2D eigenvalue weighted by Gasteiger charge is -2.35. The van der Waals surface area contributed by atoms with Crippen molar-refractivity contribution >= 4 is 12.1 Å². The fraction of sp³-hybridized carbons (Fsp3) is 0.500. The number of hydrogen-bond donors (Lipinski definition) is 0. The average Bonchev–Trinajstić information content (AvgIpc) is 2.84. The Bertz CT molecular complexity index is 724. The molecule has 2 rings (SSSR count). The lowest BCUT2D eigenvalue weighted by molar-refractivity contribution is -0.158. The molecule has 0 aromatic heterocycles. The molecule has 1 fully saturated rings. The standard InChI is InChI=1S/C20H25NO5/c1-8-13-9-11-14(12-10-13)15-16(17(22)24-7)25-20(5,6)21(15)18(23)26-19(2,3)4/h1,9-12,15-16H,2-7H3/t15-,16+/m0/s1. The highest BCUT2D eigenvalue weighted by atomic mass is 16.6. The summed E-state index contributed by atoms with van der Waals surface area (Å²) in [6, 6.07) is 6.36. The molecule has 0 spiro atoms. The molecule has 0 aliphatic carbocycles. The summed E-state index contributed by atoms with van der Waals surface area (Å²) in [5.74, 6) is 1.98. The van der Waals surface area contributed by atoms with Gasteiger partial charge in [0, 0.05) is 5.56 Å². The van der Waals surface area contributed by atoms with Crippen molar-refractivity contribution in [2.24, 2.45) is 0 Å². The Morgan fingerprint density at radius 2 is 1.81 bits per heavy atom. The third-order valence-corrected chi connectivity index (χ3v) is 4.00. The quantitative estimate of drug-likeness (QED) is 0.599. The van der Waals surface area contributed by atoms with Crippen LogP contribution in [0.3, 0.4) is 0 Å². The number of ether oxygens (including phenoxy) is 3. The third-order valence-electron chi connectivity index (χ3n) is 4.00. The predicted molar refractivity (Wildman–Crippen MR) is 96.2 cm³/mol. The molecule has 26 heavy (non-hydrogen) atoms. The molecule has 1 aliphatic rings. The van der Waals surface area contributed by atoms with Gasteiger partial charge in [-0.15, -0.1) is 6.42 Å². The highest BCUT2D eigenvalue weighted by Crippen LogP contribution is 2.43. The van der Waals surface area contributed by atoms with E-state index in [2.05, 4.69) is 5.92 Å². The second-order valence-electron chi connectivity index (χ2n) is 7.57. The summed E-state index contributed by atoms with van der Waals surface area (Å²) in [5, 5.41) is 0. The smallest absolute Gasteiger partial charge is 0.413 e. The number of nitrogens with zero attached hydrogens (tertiary/aromatic N) is 1. The number of rotatable bonds is 2. The number of hydrogen-bond acceptors (Lipinski definition) is 5. The molecule has 0 bridgehead atoms. The highest BCUT2D eigenvalue weighted by molar-refractivity contribution is 5.79. The van der Waals surface area contributed by atoms with Gasteiger partial charge in [-0.1, -0.05) is 18.1 Å². The summed E-state index contributed by atoms with van der Waals surface area (Å²) in [6.07, 6.45) is 3.86. The van der Waals surface area contributed by atoms with Gasteiger partial charge in [0.15, 0.2) is 6.10 Å². The van der Waals surface area contributed by atoms with Crippen molar-refractivity contribution in [3.8, 4) is 12.3 Å². The molecule has 0 radical (unpaired) electrons. The monoisotopic (exact) mass is 359 g/mol. The van der Waals surface area contributed by atoms with E-state index in [4.69, 9.17) is 20.6 Å². The van der Waals surface area contributed by atoms with Crippen LogP contribution < -0.4 is 0 Å². The summed E-state index contributed by atoms with van der Waals surface area (Å²) in [7, 11) is 1.29. The molecule has 1 heterocycles. The van der Waals surface area contributed by atoms with E-state index in [0.717, 1.165) is 0 Å². The first kappa shape index (κ1) is 19.8. The largest absolute Gasteiger partial charge is 0.467 e. The molecule has 1 aromatic carbocycles. The Morgan fingerprint density at radius 1 is 1.23 bits per heavy atom. The Kier molecular flexibility index (Phi) is 5.33. The van der Waals surface area contributed by atoms with Gasteiger partial charge >= 0.3 is 12.1 Å². The van der Waals surface area contributed by atoms with Crippen molar-refractivity contribution in [1.82, 2.24) is 4.90 Å². The summed E-state index contributed by atoms with van der Waals surface area (Å²) < 4.78 is 16.3. The summed E-state index contributed by atoms with van der Waals surface area (Å²) >= 11 is 0. The van der Waals surface area contributed by atoms with Crippen LogP contribution in [-0.2, 0) is 19.0 Å². The van der Waals surface area contributed by atoms with Crippen LogP contribution in [0.1, 0.15) is 51.8 Å². The summed E-state index contributed by atoms with van der Waals surface area (Å²) in [5.41, 5.74) is -0.341. The fourth-order valence-electron chi connectivity index (χ4n) is 2.94. The van der Waals surface area contributed by atoms with Gasteiger partial charge in [-0.25, -0.2) is 9.59 Å². The van der Waals surface area contributed by atoms with Crippen molar-refractivity contribution in [3.05, 3.63) is 35.4 Å². The van der Waals surface area contributed by atoms with Crippen molar-refractivity contribution in [1.29, 1.82) is 0 Å². The molecule has 1 aliphatic heterocycles. The third kappa shape index (κ3) is 4.00. The first-order valence-corrected chi connectivity index (χ1v) is 8.34. The van der Waals surface area contributed by atoms with Gasteiger partial charge in [0.2, 0.25) is 0 Å². The number of terminal acetylenes is 1. The maximum atomic E-state index is 12.9. The maximum Gasteiger partial charge on any atom is 0.413 e. The zero-order chi connectivity index (χ0) is 19.7. The lowest BCUT2D eigenvalue weighted by Crippen LogP contribution is -2.47. The van der Waals surface area contributed by atoms with Gasteiger partial charge in [-0.05, 0) is 52.3 Å². The van der Waals surface area contributed by atoms with Crippen LogP contribution in [0.2, 0.25) is 0 Å². The molecule has 1 amide bonds. The SMILES string of the molecule is C#Cc1ccc([C@H]2[C@H](C(=O)OC)OC(C)(C)N2C(=O)OC(C)(C)C)cc1. The van der Waals surface area contributed by atoms with Crippen LogP contribution >= 0.6 is 0 Å². The van der Waals surface area contributed by atoms with Crippen LogP contribution in [0, 0.1) is 12.3 Å². The van der Waals surface area contributed by atoms with E-state index < -0.39 is 35.5 Å². The van der Waals surface area contributed by atoms with E-state index in [1.165, 1.54) is 12.0 Å². The second-order valence-corrected chi connectivity index (χ2v) is 7.57. The van der Waals surface area contributed by atoms with Gasteiger partial charge in [-0.3, -0.25) is 4.90 Å². The first-order valence-electron chi connectivity index (χ1n) is 8.34. The Hall–Kier alpha value is -2.52. The van der Waals surface area contributed by atoms with Gasteiger partial charge in [-0.2, -0.15) is 0 Å². The van der Waals surface area contributed by atoms with E-state index in [-0.39, 0.29) is 0 Å². The summed E-state index contributed by atoms with van der Waals surface area (Å²) in [4.78, 5) is 26.6. The topological polar surface area (TPSA) is 65.1 Å². The second kappa shape index (κ2) is 7.00. The molecule has 6 nitrogen and oxygen atoms in total. The predicted octanol–water partition coefficient (Wildman–Crippen LogP) is 3.25. The van der Waals surface area contributed by atoms with Crippen LogP contribution in [-0.4, -0.2) is 41.5 Å². The first-order chi connectivity index (χ1) is 12.0. The van der Waals surface area contributed by atoms with Crippen LogP contribution in [0.15, 0.2) is 24.3 Å². The van der Waals surface area contributed by atoms with Crippen LogP contribution in [0.4, 0.5) is 4.79 Å². The number of esters is 1. The maximum absolute atomic E-state index is 12.9.